The van der Waals surface area contributed by atoms with Crippen molar-refractivity contribution < 1.29 is 4.79 Å². The van der Waals surface area contributed by atoms with Crippen molar-refractivity contribution in [1.82, 2.24) is 10.2 Å². The predicted molar refractivity (Wildman–Crippen MR) is 71.1 cm³/mol. The maximum atomic E-state index is 11.7. The van der Waals surface area contributed by atoms with Gasteiger partial charge in [0.1, 0.15) is 0 Å². The highest BCUT2D eigenvalue weighted by atomic mass is 16.1. The molecule has 1 aromatic heterocycles. The van der Waals surface area contributed by atoms with E-state index in [2.05, 4.69) is 15.5 Å². The van der Waals surface area contributed by atoms with Crippen LogP contribution in [0, 0.1) is 6.92 Å². The summed E-state index contributed by atoms with van der Waals surface area (Å²) in [5.41, 5.74) is 8.37. The molecule has 18 heavy (non-hydrogen) atoms. The van der Waals surface area contributed by atoms with E-state index in [1.807, 2.05) is 31.2 Å². The molecule has 0 saturated heterocycles. The first-order valence-electron chi connectivity index (χ1n) is 5.80. The number of aromatic nitrogens is 2. The van der Waals surface area contributed by atoms with Gasteiger partial charge >= 0.3 is 0 Å². The summed E-state index contributed by atoms with van der Waals surface area (Å²) >= 11 is 0. The third kappa shape index (κ3) is 3.35. The van der Waals surface area contributed by atoms with Crippen LogP contribution in [0.15, 0.2) is 30.3 Å². The van der Waals surface area contributed by atoms with Crippen LogP contribution >= 0.6 is 0 Å². The second-order valence-corrected chi connectivity index (χ2v) is 4.23. The van der Waals surface area contributed by atoms with Gasteiger partial charge < -0.3 is 11.1 Å². The number of hydrogen-bond donors (Lipinski definition) is 3. The molecule has 2 aromatic rings. The number of amides is 1. The van der Waals surface area contributed by atoms with Gasteiger partial charge in [-0.25, -0.2) is 0 Å². The molecule has 4 N–H and O–H groups in total. The Morgan fingerprint density at radius 3 is 2.94 bits per heavy atom. The molecular weight excluding hydrogens is 228 g/mol. The Morgan fingerprint density at radius 1 is 1.44 bits per heavy atom. The molecule has 0 spiro atoms. The minimum atomic E-state index is -0.0519. The summed E-state index contributed by atoms with van der Waals surface area (Å²) in [5.74, 6) is 0.508. The minimum Gasteiger partial charge on any atom is -0.399 e. The first kappa shape index (κ1) is 12.2. The third-order valence-electron chi connectivity index (χ3n) is 2.57. The fourth-order valence-electron chi connectivity index (χ4n) is 1.69. The van der Waals surface area contributed by atoms with Crippen molar-refractivity contribution >= 4 is 17.4 Å². The average molecular weight is 244 g/mol. The number of carbonyl (C=O) groups is 1. The van der Waals surface area contributed by atoms with Gasteiger partial charge in [-0.1, -0.05) is 12.1 Å². The SMILES string of the molecule is Cc1cc(NC(=O)CCc2cccc(N)c2)n[nH]1. The van der Waals surface area contributed by atoms with Gasteiger partial charge in [0, 0.05) is 23.9 Å². The number of nitrogens with one attached hydrogen (secondary N) is 2. The topological polar surface area (TPSA) is 83.8 Å². The van der Waals surface area contributed by atoms with Crippen LogP contribution in [0.4, 0.5) is 11.5 Å². The van der Waals surface area contributed by atoms with Crippen LogP contribution in [0.2, 0.25) is 0 Å². The van der Waals surface area contributed by atoms with Crippen molar-refractivity contribution in [3.63, 3.8) is 0 Å². The Labute approximate surface area is 105 Å². The van der Waals surface area contributed by atoms with Crippen molar-refractivity contribution in [2.45, 2.75) is 19.8 Å². The predicted octanol–water partition coefficient (Wildman–Crippen LogP) is 1.87. The number of carbonyl (C=O) groups excluding carboxylic acids is 1. The molecule has 1 heterocycles. The van der Waals surface area contributed by atoms with Crippen molar-refractivity contribution in [2.75, 3.05) is 11.1 Å². The zero-order valence-corrected chi connectivity index (χ0v) is 10.2. The molecule has 94 valence electrons. The number of nitrogens with zero attached hydrogens (tertiary/aromatic N) is 1. The van der Waals surface area contributed by atoms with Gasteiger partial charge in [0.15, 0.2) is 5.82 Å². The molecule has 0 radical (unpaired) electrons. The molecule has 0 atom stereocenters. The van der Waals surface area contributed by atoms with Crippen molar-refractivity contribution in [2.24, 2.45) is 0 Å². The minimum absolute atomic E-state index is 0.0519. The Kier molecular flexibility index (Phi) is 3.62. The molecule has 0 aliphatic carbocycles. The molecule has 0 unspecified atom stereocenters. The van der Waals surface area contributed by atoms with Gasteiger partial charge in [0.25, 0.3) is 0 Å². The monoisotopic (exact) mass is 244 g/mol. The van der Waals surface area contributed by atoms with Crippen LogP contribution in [0.25, 0.3) is 0 Å². The first-order valence-corrected chi connectivity index (χ1v) is 5.80. The van der Waals surface area contributed by atoms with Gasteiger partial charge in [-0.05, 0) is 31.0 Å². The molecule has 5 heteroatoms. The summed E-state index contributed by atoms with van der Waals surface area (Å²) in [4.78, 5) is 11.7. The Bertz CT molecular complexity index is 547. The highest BCUT2D eigenvalue weighted by Gasteiger charge is 2.05. The van der Waals surface area contributed by atoms with Crippen LogP contribution in [0.5, 0.6) is 0 Å². The molecule has 1 amide bonds. The number of rotatable bonds is 4. The molecule has 1 aromatic carbocycles. The van der Waals surface area contributed by atoms with Crippen molar-refractivity contribution in [3.8, 4) is 0 Å². The van der Waals surface area contributed by atoms with E-state index in [1.54, 1.807) is 6.07 Å². The van der Waals surface area contributed by atoms with Crippen molar-refractivity contribution in [3.05, 3.63) is 41.6 Å². The number of anilines is 2. The number of nitrogens with two attached hydrogens (primary N) is 1. The van der Waals surface area contributed by atoms with Gasteiger partial charge in [-0.3, -0.25) is 9.89 Å². The van der Waals surface area contributed by atoms with Crippen LogP contribution in [0.1, 0.15) is 17.7 Å². The lowest BCUT2D eigenvalue weighted by molar-refractivity contribution is -0.116. The van der Waals surface area contributed by atoms with E-state index in [1.165, 1.54) is 0 Å². The molecule has 5 nitrogen and oxygen atoms in total. The molecule has 0 bridgehead atoms. The highest BCUT2D eigenvalue weighted by Crippen LogP contribution is 2.10. The summed E-state index contributed by atoms with van der Waals surface area (Å²) in [5, 5.41) is 9.46. The zero-order chi connectivity index (χ0) is 13.0. The van der Waals surface area contributed by atoms with E-state index in [-0.39, 0.29) is 5.91 Å². The molecule has 0 fully saturated rings. The van der Waals surface area contributed by atoms with Crippen LogP contribution < -0.4 is 11.1 Å². The Morgan fingerprint density at radius 2 is 2.28 bits per heavy atom. The van der Waals surface area contributed by atoms with Gasteiger partial charge in [-0.15, -0.1) is 0 Å². The summed E-state index contributed by atoms with van der Waals surface area (Å²) in [6.45, 7) is 1.88. The van der Waals surface area contributed by atoms with E-state index < -0.39 is 0 Å². The molecule has 2 rings (SSSR count). The summed E-state index contributed by atoms with van der Waals surface area (Å²) in [6, 6.07) is 9.35. The van der Waals surface area contributed by atoms with Crippen LogP contribution in [0.3, 0.4) is 0 Å². The first-order chi connectivity index (χ1) is 8.63. The smallest absolute Gasteiger partial charge is 0.225 e. The van der Waals surface area contributed by atoms with E-state index in [0.717, 1.165) is 16.9 Å². The standard InChI is InChI=1S/C13H16N4O/c1-9-7-12(17-16-9)15-13(18)6-5-10-3-2-4-11(14)8-10/h2-4,7-8H,5-6,14H2,1H3,(H2,15,16,17,18). The summed E-state index contributed by atoms with van der Waals surface area (Å²) in [7, 11) is 0. The maximum absolute atomic E-state index is 11.7. The summed E-state index contributed by atoms with van der Waals surface area (Å²) in [6.07, 6.45) is 1.08. The Balaban J connectivity index is 1.85. The number of aryl methyl sites for hydroxylation is 2. The lowest BCUT2D eigenvalue weighted by atomic mass is 10.1. The van der Waals surface area contributed by atoms with Crippen LogP contribution in [-0.2, 0) is 11.2 Å². The number of aromatic amines is 1. The number of nitrogen functional groups attached to an aromatic ring is 1. The van der Waals surface area contributed by atoms with Crippen molar-refractivity contribution in [1.29, 1.82) is 0 Å². The van der Waals surface area contributed by atoms with E-state index in [9.17, 15) is 4.79 Å². The average Bonchev–Trinajstić information content (AvgIpc) is 2.72. The third-order valence-corrected chi connectivity index (χ3v) is 2.57. The summed E-state index contributed by atoms with van der Waals surface area (Å²) < 4.78 is 0. The molecular formula is C13H16N4O. The Hall–Kier alpha value is -2.30. The van der Waals surface area contributed by atoms with Gasteiger partial charge in [-0.2, -0.15) is 5.10 Å². The second-order valence-electron chi connectivity index (χ2n) is 4.23. The molecule has 0 aliphatic heterocycles. The second kappa shape index (κ2) is 5.35. The zero-order valence-electron chi connectivity index (χ0n) is 10.2. The van der Waals surface area contributed by atoms with Gasteiger partial charge in [0.05, 0.1) is 0 Å². The van der Waals surface area contributed by atoms with E-state index in [4.69, 9.17) is 5.73 Å². The fraction of sp³-hybridized carbons (Fsp3) is 0.231. The maximum Gasteiger partial charge on any atom is 0.225 e. The normalized spacial score (nSPS) is 10.3. The molecule has 0 saturated carbocycles. The lowest BCUT2D eigenvalue weighted by Gasteiger charge is -2.03. The van der Waals surface area contributed by atoms with Crippen LogP contribution in [-0.4, -0.2) is 16.1 Å². The van der Waals surface area contributed by atoms with E-state index >= 15 is 0 Å². The number of hydrogen-bond acceptors (Lipinski definition) is 3. The quantitative estimate of drug-likeness (QED) is 0.718. The number of H-pyrrole nitrogens is 1. The largest absolute Gasteiger partial charge is 0.399 e. The molecule has 0 aliphatic rings. The van der Waals surface area contributed by atoms with Gasteiger partial charge in [0.2, 0.25) is 5.91 Å². The lowest BCUT2D eigenvalue weighted by Crippen LogP contribution is -2.12. The fourth-order valence-corrected chi connectivity index (χ4v) is 1.69. The highest BCUT2D eigenvalue weighted by molar-refractivity contribution is 5.89. The number of benzene rings is 1. The van der Waals surface area contributed by atoms with E-state index in [0.29, 0.717) is 18.7 Å².